The molecule has 2 amide bonds. The van der Waals surface area contributed by atoms with Crippen molar-refractivity contribution in [2.45, 2.75) is 31.3 Å². The van der Waals surface area contributed by atoms with E-state index in [0.29, 0.717) is 6.04 Å². The predicted molar refractivity (Wildman–Crippen MR) is 74.9 cm³/mol. The molecule has 102 valence electrons. The summed E-state index contributed by atoms with van der Waals surface area (Å²) in [4.78, 5) is 13.9. The molecule has 4 heteroatoms. The van der Waals surface area contributed by atoms with Crippen LogP contribution in [-0.2, 0) is 0 Å². The van der Waals surface area contributed by atoms with Gasteiger partial charge in [-0.1, -0.05) is 30.3 Å². The summed E-state index contributed by atoms with van der Waals surface area (Å²) in [5.41, 5.74) is 1.19. The Balaban J connectivity index is 1.54. The first-order valence-corrected chi connectivity index (χ1v) is 7.17. The number of rotatable bonds is 4. The van der Waals surface area contributed by atoms with Gasteiger partial charge in [-0.15, -0.1) is 0 Å². The maximum absolute atomic E-state index is 12.0. The summed E-state index contributed by atoms with van der Waals surface area (Å²) in [6, 6.07) is 11.0. The van der Waals surface area contributed by atoms with Crippen molar-refractivity contribution in [3.05, 3.63) is 35.9 Å². The average molecular weight is 259 g/mol. The minimum atomic E-state index is 0.0758. The predicted octanol–water partition coefficient (Wildman–Crippen LogP) is 1.90. The summed E-state index contributed by atoms with van der Waals surface area (Å²) in [6.45, 7) is 2.77. The molecule has 2 fully saturated rings. The zero-order valence-electron chi connectivity index (χ0n) is 11.1. The molecule has 2 unspecified atom stereocenters. The van der Waals surface area contributed by atoms with Gasteiger partial charge in [-0.25, -0.2) is 4.79 Å². The molecule has 2 atom stereocenters. The van der Waals surface area contributed by atoms with Gasteiger partial charge >= 0.3 is 6.03 Å². The molecular formula is C15H21N3O. The lowest BCUT2D eigenvalue weighted by atomic mass is 10.1. The molecule has 1 aromatic carbocycles. The van der Waals surface area contributed by atoms with E-state index in [2.05, 4.69) is 22.8 Å². The average Bonchev–Trinajstić information content (AvgIpc) is 3.07. The first-order valence-electron chi connectivity index (χ1n) is 7.17. The van der Waals surface area contributed by atoms with Gasteiger partial charge in [0, 0.05) is 19.1 Å². The second-order valence-corrected chi connectivity index (χ2v) is 5.44. The van der Waals surface area contributed by atoms with Crippen LogP contribution in [0.25, 0.3) is 0 Å². The van der Waals surface area contributed by atoms with Crippen LogP contribution in [0.3, 0.4) is 0 Å². The van der Waals surface area contributed by atoms with Crippen molar-refractivity contribution in [2.75, 3.05) is 19.6 Å². The number of nitrogens with one attached hydrogen (secondary N) is 2. The van der Waals surface area contributed by atoms with Gasteiger partial charge in [0.25, 0.3) is 0 Å². The van der Waals surface area contributed by atoms with Crippen molar-refractivity contribution in [3.63, 3.8) is 0 Å². The minimum Gasteiger partial charge on any atom is -0.329 e. The maximum Gasteiger partial charge on any atom is 0.318 e. The summed E-state index contributed by atoms with van der Waals surface area (Å²) in [5, 5.41) is 6.54. The molecule has 0 aromatic heterocycles. The number of amides is 2. The smallest absolute Gasteiger partial charge is 0.318 e. The van der Waals surface area contributed by atoms with Crippen LogP contribution in [0, 0.1) is 0 Å². The number of hydrogen-bond acceptors (Lipinski definition) is 2. The first-order chi connectivity index (χ1) is 9.33. The van der Waals surface area contributed by atoms with Crippen LogP contribution in [0.2, 0.25) is 0 Å². The highest BCUT2D eigenvalue weighted by molar-refractivity contribution is 5.77. The summed E-state index contributed by atoms with van der Waals surface area (Å²) in [7, 11) is 0. The van der Waals surface area contributed by atoms with Crippen LogP contribution < -0.4 is 10.6 Å². The summed E-state index contributed by atoms with van der Waals surface area (Å²) >= 11 is 0. The molecule has 2 aliphatic heterocycles. The molecule has 0 radical (unpaired) electrons. The largest absolute Gasteiger partial charge is 0.329 e. The summed E-state index contributed by atoms with van der Waals surface area (Å²) in [6.07, 6.45) is 3.58. The molecule has 1 aromatic rings. The van der Waals surface area contributed by atoms with E-state index in [4.69, 9.17) is 0 Å². The van der Waals surface area contributed by atoms with E-state index >= 15 is 0 Å². The Morgan fingerprint density at radius 3 is 2.84 bits per heavy atom. The fourth-order valence-electron chi connectivity index (χ4n) is 2.97. The minimum absolute atomic E-state index is 0.0758. The third-order valence-electron chi connectivity index (χ3n) is 4.10. The first kappa shape index (κ1) is 12.5. The van der Waals surface area contributed by atoms with Gasteiger partial charge in [0.15, 0.2) is 0 Å². The van der Waals surface area contributed by atoms with Gasteiger partial charge in [-0.05, 0) is 31.4 Å². The van der Waals surface area contributed by atoms with Crippen LogP contribution in [0.5, 0.6) is 0 Å². The Kier molecular flexibility index (Phi) is 3.69. The highest BCUT2D eigenvalue weighted by atomic mass is 16.2. The molecule has 4 nitrogen and oxygen atoms in total. The standard InChI is InChI=1S/C15H21N3O/c19-15-17-14(12-5-2-1-3-6-12)11-18(15)10-8-13-7-4-9-16-13/h1-3,5-6,13-14,16H,4,7-11H2,(H,17,19). The normalized spacial score (nSPS) is 26.7. The number of carbonyl (C=O) groups excluding carboxylic acids is 1. The lowest BCUT2D eigenvalue weighted by Crippen LogP contribution is -2.33. The van der Waals surface area contributed by atoms with Crippen LogP contribution in [0.15, 0.2) is 30.3 Å². The molecule has 2 N–H and O–H groups in total. The number of urea groups is 1. The van der Waals surface area contributed by atoms with E-state index in [-0.39, 0.29) is 12.1 Å². The number of benzene rings is 1. The van der Waals surface area contributed by atoms with Gasteiger partial charge < -0.3 is 15.5 Å². The molecule has 0 aliphatic carbocycles. The Labute approximate surface area is 114 Å². The van der Waals surface area contributed by atoms with E-state index in [0.717, 1.165) is 26.1 Å². The molecule has 3 rings (SSSR count). The highest BCUT2D eigenvalue weighted by Crippen LogP contribution is 2.20. The second-order valence-electron chi connectivity index (χ2n) is 5.44. The zero-order chi connectivity index (χ0) is 13.1. The van der Waals surface area contributed by atoms with Gasteiger partial charge in [0.2, 0.25) is 0 Å². The summed E-state index contributed by atoms with van der Waals surface area (Å²) in [5.74, 6) is 0. The van der Waals surface area contributed by atoms with Crippen molar-refractivity contribution in [2.24, 2.45) is 0 Å². The van der Waals surface area contributed by atoms with Crippen LogP contribution in [-0.4, -0.2) is 36.6 Å². The Hall–Kier alpha value is -1.55. The van der Waals surface area contributed by atoms with Gasteiger partial charge in [-0.3, -0.25) is 0 Å². The van der Waals surface area contributed by atoms with E-state index in [1.165, 1.54) is 18.4 Å². The van der Waals surface area contributed by atoms with E-state index in [1.54, 1.807) is 0 Å². The number of nitrogens with zero attached hydrogens (tertiary/aromatic N) is 1. The highest BCUT2D eigenvalue weighted by Gasteiger charge is 2.29. The van der Waals surface area contributed by atoms with Crippen LogP contribution in [0.4, 0.5) is 4.79 Å². The molecule has 2 heterocycles. The van der Waals surface area contributed by atoms with Crippen molar-refractivity contribution in [3.8, 4) is 0 Å². The topological polar surface area (TPSA) is 44.4 Å². The second kappa shape index (κ2) is 5.61. The Morgan fingerprint density at radius 1 is 1.26 bits per heavy atom. The third-order valence-corrected chi connectivity index (χ3v) is 4.10. The monoisotopic (exact) mass is 259 g/mol. The lowest BCUT2D eigenvalue weighted by Gasteiger charge is -2.17. The molecule has 19 heavy (non-hydrogen) atoms. The third kappa shape index (κ3) is 2.89. The lowest BCUT2D eigenvalue weighted by molar-refractivity contribution is 0.215. The van der Waals surface area contributed by atoms with E-state index in [9.17, 15) is 4.79 Å². The Morgan fingerprint density at radius 2 is 2.11 bits per heavy atom. The fourth-order valence-corrected chi connectivity index (χ4v) is 2.97. The maximum atomic E-state index is 12.0. The molecule has 0 bridgehead atoms. The van der Waals surface area contributed by atoms with E-state index < -0.39 is 0 Å². The van der Waals surface area contributed by atoms with Crippen molar-refractivity contribution >= 4 is 6.03 Å². The molecular weight excluding hydrogens is 238 g/mol. The molecule has 0 spiro atoms. The molecule has 2 saturated heterocycles. The van der Waals surface area contributed by atoms with Crippen molar-refractivity contribution < 1.29 is 4.79 Å². The summed E-state index contributed by atoms with van der Waals surface area (Å²) < 4.78 is 0. The zero-order valence-corrected chi connectivity index (χ0v) is 11.1. The molecule has 2 aliphatic rings. The quantitative estimate of drug-likeness (QED) is 0.867. The fraction of sp³-hybridized carbons (Fsp3) is 0.533. The number of hydrogen-bond donors (Lipinski definition) is 2. The van der Waals surface area contributed by atoms with Gasteiger partial charge in [0.1, 0.15) is 0 Å². The van der Waals surface area contributed by atoms with E-state index in [1.807, 2.05) is 23.1 Å². The Bertz CT molecular complexity index is 428. The van der Waals surface area contributed by atoms with Crippen LogP contribution >= 0.6 is 0 Å². The van der Waals surface area contributed by atoms with Crippen molar-refractivity contribution in [1.82, 2.24) is 15.5 Å². The van der Waals surface area contributed by atoms with Crippen LogP contribution in [0.1, 0.15) is 30.9 Å². The van der Waals surface area contributed by atoms with Gasteiger partial charge in [0.05, 0.1) is 6.04 Å². The van der Waals surface area contributed by atoms with Gasteiger partial charge in [-0.2, -0.15) is 0 Å². The SMILES string of the molecule is O=C1NC(c2ccccc2)CN1CCC1CCCN1. The van der Waals surface area contributed by atoms with Crippen molar-refractivity contribution in [1.29, 1.82) is 0 Å². The number of carbonyl (C=O) groups is 1. The molecule has 0 saturated carbocycles.